The minimum atomic E-state index is -0.352. The number of carbonyl (C=O) groups excluding carboxylic acids is 2. The maximum Gasteiger partial charge on any atom is 0.321 e. The number of nitrogens with one attached hydrogen (secondary N) is 2. The molecule has 182 valence electrons. The number of benzene rings is 2. The predicted octanol–water partition coefficient (Wildman–Crippen LogP) is 4.98. The van der Waals surface area contributed by atoms with Gasteiger partial charge in [-0.2, -0.15) is 0 Å². The largest absolute Gasteiger partial charge is 0.354 e. The number of halogens is 2. The lowest BCUT2D eigenvalue weighted by atomic mass is 9.97. The molecule has 0 bridgehead atoms. The molecule has 2 unspecified atom stereocenters. The van der Waals surface area contributed by atoms with Gasteiger partial charge in [0.05, 0.1) is 12.0 Å². The summed E-state index contributed by atoms with van der Waals surface area (Å²) in [4.78, 5) is 29.7. The quantitative estimate of drug-likeness (QED) is 0.605. The van der Waals surface area contributed by atoms with Crippen molar-refractivity contribution in [3.63, 3.8) is 0 Å². The van der Waals surface area contributed by atoms with E-state index in [-0.39, 0.29) is 36.3 Å². The second-order valence-electron chi connectivity index (χ2n) is 9.22. The molecule has 0 aromatic heterocycles. The molecule has 0 radical (unpaired) electrons. The van der Waals surface area contributed by atoms with Gasteiger partial charge in [0.15, 0.2) is 0 Å². The molecule has 2 aromatic rings. The highest BCUT2D eigenvalue weighted by Crippen LogP contribution is 2.32. The lowest BCUT2D eigenvalue weighted by Crippen LogP contribution is -2.48. The van der Waals surface area contributed by atoms with Crippen LogP contribution in [0.5, 0.6) is 0 Å². The minimum Gasteiger partial charge on any atom is -0.354 e. The molecular weight excluding hydrogens is 455 g/mol. The molecule has 6 nitrogen and oxygen atoms in total. The Kier molecular flexibility index (Phi) is 8.06. The average Bonchev–Trinajstić information content (AvgIpc) is 3.35. The van der Waals surface area contributed by atoms with E-state index in [9.17, 15) is 14.0 Å². The molecule has 4 rings (SSSR count). The summed E-state index contributed by atoms with van der Waals surface area (Å²) in [5, 5.41) is 6.34. The first-order valence-electron chi connectivity index (χ1n) is 12.0. The molecule has 0 aliphatic carbocycles. The second-order valence-corrected chi connectivity index (χ2v) is 9.63. The first-order chi connectivity index (χ1) is 16.4. The number of rotatable bonds is 6. The van der Waals surface area contributed by atoms with Crippen molar-refractivity contribution in [3.05, 3.63) is 64.4 Å². The van der Waals surface area contributed by atoms with Crippen LogP contribution in [0.15, 0.2) is 42.5 Å². The molecule has 34 heavy (non-hydrogen) atoms. The lowest BCUT2D eigenvalue weighted by Gasteiger charge is -2.33. The Balaban J connectivity index is 1.38. The molecule has 2 heterocycles. The van der Waals surface area contributed by atoms with Crippen LogP contribution in [0.3, 0.4) is 0 Å². The standard InChI is InChI=1S/C26H32ClFN4O2/c1-18-7-4-9-20(15-18)30-26(34)32-14-6-8-19(17-32)25(33)29-16-23(31-12-2-3-13-31)24-21(27)10-5-11-22(24)28/h4-5,7,9-11,15,19,23H,2-3,6,8,12-14,16-17H2,1H3,(H,29,33)(H,30,34). The van der Waals surface area contributed by atoms with Crippen molar-refractivity contribution in [1.82, 2.24) is 15.1 Å². The van der Waals surface area contributed by atoms with Crippen molar-refractivity contribution in [2.24, 2.45) is 5.92 Å². The topological polar surface area (TPSA) is 64.7 Å². The highest BCUT2D eigenvalue weighted by molar-refractivity contribution is 6.31. The summed E-state index contributed by atoms with van der Waals surface area (Å²) in [6.45, 7) is 4.93. The summed E-state index contributed by atoms with van der Waals surface area (Å²) in [5.74, 6) is -0.757. The Morgan fingerprint density at radius 3 is 2.62 bits per heavy atom. The first-order valence-corrected chi connectivity index (χ1v) is 12.4. The van der Waals surface area contributed by atoms with E-state index in [0.29, 0.717) is 23.7 Å². The minimum absolute atomic E-state index is 0.107. The molecule has 3 amide bonds. The van der Waals surface area contributed by atoms with E-state index >= 15 is 0 Å². The molecule has 2 saturated heterocycles. The fourth-order valence-electron chi connectivity index (χ4n) is 4.94. The van der Waals surface area contributed by atoms with Gasteiger partial charge in [-0.15, -0.1) is 0 Å². The Morgan fingerprint density at radius 1 is 1.12 bits per heavy atom. The number of anilines is 1. The number of piperidine rings is 1. The summed E-state index contributed by atoms with van der Waals surface area (Å²) in [7, 11) is 0. The number of amides is 3. The van der Waals surface area contributed by atoms with Crippen molar-refractivity contribution >= 4 is 29.2 Å². The van der Waals surface area contributed by atoms with Gasteiger partial charge in [-0.05, 0) is 75.5 Å². The van der Waals surface area contributed by atoms with Crippen LogP contribution in [0.25, 0.3) is 0 Å². The SMILES string of the molecule is Cc1cccc(NC(=O)N2CCCC(C(=O)NCC(c3c(F)cccc3Cl)N3CCCC3)C2)c1. The molecule has 2 aromatic carbocycles. The molecule has 2 fully saturated rings. The van der Waals surface area contributed by atoms with Crippen LogP contribution in [0, 0.1) is 18.7 Å². The Bertz CT molecular complexity index is 1010. The third-order valence-corrected chi connectivity index (χ3v) is 7.06. The van der Waals surface area contributed by atoms with Crippen LogP contribution in [0.2, 0.25) is 5.02 Å². The van der Waals surface area contributed by atoms with Gasteiger partial charge in [-0.3, -0.25) is 9.69 Å². The van der Waals surface area contributed by atoms with Crippen molar-refractivity contribution in [2.45, 2.75) is 38.6 Å². The number of nitrogens with zero attached hydrogens (tertiary/aromatic N) is 2. The van der Waals surface area contributed by atoms with Gasteiger partial charge in [0.25, 0.3) is 0 Å². The maximum absolute atomic E-state index is 14.7. The predicted molar refractivity (Wildman–Crippen MR) is 132 cm³/mol. The summed E-state index contributed by atoms with van der Waals surface area (Å²) < 4.78 is 14.7. The van der Waals surface area contributed by atoms with E-state index in [1.807, 2.05) is 31.2 Å². The lowest BCUT2D eigenvalue weighted by molar-refractivity contribution is -0.126. The van der Waals surface area contributed by atoms with Crippen molar-refractivity contribution in [3.8, 4) is 0 Å². The highest BCUT2D eigenvalue weighted by Gasteiger charge is 2.31. The van der Waals surface area contributed by atoms with Crippen LogP contribution in [0.1, 0.15) is 42.9 Å². The number of aryl methyl sites for hydroxylation is 1. The number of carbonyl (C=O) groups is 2. The van der Waals surface area contributed by atoms with Gasteiger partial charge < -0.3 is 15.5 Å². The van der Waals surface area contributed by atoms with Gasteiger partial charge in [0.1, 0.15) is 5.82 Å². The van der Waals surface area contributed by atoms with E-state index in [4.69, 9.17) is 11.6 Å². The van der Waals surface area contributed by atoms with E-state index in [0.717, 1.165) is 50.0 Å². The van der Waals surface area contributed by atoms with E-state index in [1.54, 1.807) is 17.0 Å². The number of likely N-dealkylation sites (tertiary alicyclic amines) is 2. The normalized spacial score (nSPS) is 19.6. The van der Waals surface area contributed by atoms with Crippen molar-refractivity contribution < 1.29 is 14.0 Å². The maximum atomic E-state index is 14.7. The van der Waals surface area contributed by atoms with Crippen LogP contribution in [-0.2, 0) is 4.79 Å². The van der Waals surface area contributed by atoms with Crippen LogP contribution >= 0.6 is 11.6 Å². The van der Waals surface area contributed by atoms with Gasteiger partial charge in [-0.1, -0.05) is 29.8 Å². The highest BCUT2D eigenvalue weighted by atomic mass is 35.5. The summed E-state index contributed by atoms with van der Waals surface area (Å²) in [5.41, 5.74) is 2.25. The third kappa shape index (κ3) is 5.88. The van der Waals surface area contributed by atoms with Gasteiger partial charge in [0.2, 0.25) is 5.91 Å². The van der Waals surface area contributed by atoms with Gasteiger partial charge in [-0.25, -0.2) is 9.18 Å². The van der Waals surface area contributed by atoms with Crippen LogP contribution < -0.4 is 10.6 Å². The Hall–Kier alpha value is -2.64. The van der Waals surface area contributed by atoms with Crippen molar-refractivity contribution in [1.29, 1.82) is 0 Å². The number of hydrogen-bond acceptors (Lipinski definition) is 3. The molecule has 2 N–H and O–H groups in total. The van der Waals surface area contributed by atoms with E-state index < -0.39 is 0 Å². The van der Waals surface area contributed by atoms with Gasteiger partial charge >= 0.3 is 6.03 Å². The second kappa shape index (κ2) is 11.2. The molecule has 0 saturated carbocycles. The molecule has 8 heteroatoms. The van der Waals surface area contributed by atoms with E-state index in [1.165, 1.54) is 6.07 Å². The Labute approximate surface area is 205 Å². The summed E-state index contributed by atoms with van der Waals surface area (Å²) in [6, 6.07) is 11.8. The third-order valence-electron chi connectivity index (χ3n) is 6.73. The van der Waals surface area contributed by atoms with Crippen LogP contribution in [0.4, 0.5) is 14.9 Å². The fraction of sp³-hybridized carbons (Fsp3) is 0.462. The monoisotopic (exact) mass is 486 g/mol. The van der Waals surface area contributed by atoms with Crippen LogP contribution in [-0.4, -0.2) is 54.5 Å². The zero-order valence-electron chi connectivity index (χ0n) is 19.5. The van der Waals surface area contributed by atoms with Crippen molar-refractivity contribution in [2.75, 3.05) is 38.0 Å². The molecule has 2 aliphatic heterocycles. The zero-order chi connectivity index (χ0) is 24.1. The summed E-state index contributed by atoms with van der Waals surface area (Å²) in [6.07, 6.45) is 3.57. The fourth-order valence-corrected chi connectivity index (χ4v) is 5.23. The average molecular weight is 487 g/mol. The molecule has 2 atom stereocenters. The van der Waals surface area contributed by atoms with E-state index in [2.05, 4.69) is 15.5 Å². The van der Waals surface area contributed by atoms with Gasteiger partial charge in [0, 0.05) is 35.9 Å². The molecular formula is C26H32ClFN4O2. The number of urea groups is 1. The smallest absolute Gasteiger partial charge is 0.321 e. The summed E-state index contributed by atoms with van der Waals surface area (Å²) >= 11 is 6.37. The Morgan fingerprint density at radius 2 is 1.88 bits per heavy atom. The number of hydrogen-bond donors (Lipinski definition) is 2. The first kappa shape index (κ1) is 24.5. The zero-order valence-corrected chi connectivity index (χ0v) is 20.3. The molecule has 2 aliphatic rings. The molecule has 0 spiro atoms.